The highest BCUT2D eigenvalue weighted by Gasteiger charge is 2.38. The largest absolute Gasteiger partial charge is 0.494 e. The summed E-state index contributed by atoms with van der Waals surface area (Å²) in [6, 6.07) is 24.3. The number of hydrogen-bond acceptors (Lipinski definition) is 5. The van der Waals surface area contributed by atoms with Gasteiger partial charge in [-0.15, -0.1) is 0 Å². The summed E-state index contributed by atoms with van der Waals surface area (Å²) < 4.78 is 6.12. The molecular formula is C33H37N3O5. The fourth-order valence-electron chi connectivity index (χ4n) is 5.72. The van der Waals surface area contributed by atoms with Crippen LogP contribution in [0.5, 0.6) is 5.75 Å². The van der Waals surface area contributed by atoms with Crippen LogP contribution in [0.15, 0.2) is 78.9 Å². The molecule has 1 atom stereocenters. The van der Waals surface area contributed by atoms with Crippen LogP contribution in [0.3, 0.4) is 0 Å². The Hall–Kier alpha value is -4.17. The van der Waals surface area contributed by atoms with Crippen molar-refractivity contribution in [1.29, 1.82) is 0 Å². The minimum atomic E-state index is -1.02. The van der Waals surface area contributed by atoms with Crippen LogP contribution in [0.2, 0.25) is 0 Å². The molecule has 41 heavy (non-hydrogen) atoms. The number of fused-ring (bicyclic) bond motifs is 1. The van der Waals surface area contributed by atoms with Gasteiger partial charge in [0.2, 0.25) is 5.91 Å². The molecule has 3 aromatic rings. The summed E-state index contributed by atoms with van der Waals surface area (Å²) >= 11 is 0. The van der Waals surface area contributed by atoms with Crippen molar-refractivity contribution in [3.05, 3.63) is 95.6 Å². The predicted octanol–water partition coefficient (Wildman–Crippen LogP) is 4.75. The SMILES string of the molecule is CC(CN1CC(=O)N(C(c2ccccc2)c2ccccc2)c2ccc(OCCC3CCNCC3)cc2C1=O)C(=O)O. The molecule has 0 aliphatic carbocycles. The maximum atomic E-state index is 14.1. The number of amides is 2. The zero-order valence-electron chi connectivity index (χ0n) is 23.4. The number of rotatable bonds is 10. The average Bonchev–Trinajstić information content (AvgIpc) is 3.09. The number of carboxylic acids is 1. The lowest BCUT2D eigenvalue weighted by Crippen LogP contribution is -2.43. The topological polar surface area (TPSA) is 99.2 Å². The number of anilines is 1. The fourth-order valence-corrected chi connectivity index (χ4v) is 5.72. The second-order valence-corrected chi connectivity index (χ2v) is 10.9. The van der Waals surface area contributed by atoms with Crippen molar-refractivity contribution in [2.24, 2.45) is 11.8 Å². The molecule has 0 bridgehead atoms. The lowest BCUT2D eigenvalue weighted by atomic mass is 9.95. The quantitative estimate of drug-likeness (QED) is 0.375. The maximum absolute atomic E-state index is 14.1. The molecule has 2 heterocycles. The van der Waals surface area contributed by atoms with E-state index >= 15 is 0 Å². The lowest BCUT2D eigenvalue weighted by Gasteiger charge is -2.33. The Morgan fingerprint density at radius 1 is 0.976 bits per heavy atom. The molecule has 2 N–H and O–H groups in total. The molecule has 3 aromatic carbocycles. The molecule has 2 aliphatic heterocycles. The number of nitrogens with one attached hydrogen (secondary N) is 1. The monoisotopic (exact) mass is 555 g/mol. The average molecular weight is 556 g/mol. The van der Waals surface area contributed by atoms with E-state index in [0.29, 0.717) is 29.5 Å². The van der Waals surface area contributed by atoms with Crippen LogP contribution in [0.25, 0.3) is 0 Å². The third kappa shape index (κ3) is 6.60. The number of benzene rings is 3. The van der Waals surface area contributed by atoms with E-state index in [1.165, 1.54) is 4.90 Å². The summed E-state index contributed by atoms with van der Waals surface area (Å²) in [7, 11) is 0. The summed E-state index contributed by atoms with van der Waals surface area (Å²) in [4.78, 5) is 42.7. The summed E-state index contributed by atoms with van der Waals surface area (Å²) in [5, 5.41) is 12.9. The van der Waals surface area contributed by atoms with Gasteiger partial charge in [0, 0.05) is 6.54 Å². The standard InChI is InChI=1S/C33H37N3O5/c1-23(33(39)40)21-35-22-30(37)36(31(25-8-4-2-5-9-25)26-10-6-3-7-11-26)29-13-12-27(20-28(29)32(35)38)41-19-16-24-14-17-34-18-15-24/h2-13,20,23-24,31,34H,14-19,21-22H2,1H3,(H,39,40). The van der Waals surface area contributed by atoms with Gasteiger partial charge in [-0.2, -0.15) is 0 Å². The van der Waals surface area contributed by atoms with Gasteiger partial charge in [-0.3, -0.25) is 19.3 Å². The normalized spacial score (nSPS) is 16.8. The van der Waals surface area contributed by atoms with Gasteiger partial charge < -0.3 is 20.1 Å². The molecular weight excluding hydrogens is 518 g/mol. The molecule has 5 rings (SSSR count). The number of carbonyl (C=O) groups excluding carboxylic acids is 2. The first-order valence-electron chi connectivity index (χ1n) is 14.3. The fraction of sp³-hybridized carbons (Fsp3) is 0.364. The highest BCUT2D eigenvalue weighted by molar-refractivity contribution is 6.10. The first-order valence-corrected chi connectivity index (χ1v) is 14.3. The number of hydrogen-bond donors (Lipinski definition) is 2. The van der Waals surface area contributed by atoms with Crippen LogP contribution < -0.4 is 15.0 Å². The van der Waals surface area contributed by atoms with Crippen LogP contribution >= 0.6 is 0 Å². The molecule has 1 unspecified atom stereocenters. The molecule has 0 saturated carbocycles. The molecule has 0 spiro atoms. The third-order valence-corrected chi connectivity index (χ3v) is 8.00. The Balaban J connectivity index is 1.53. The molecule has 8 heteroatoms. The summed E-state index contributed by atoms with van der Waals surface area (Å²) in [5.41, 5.74) is 2.61. The van der Waals surface area contributed by atoms with Crippen molar-refractivity contribution in [3.8, 4) is 5.75 Å². The Labute approximate surface area is 240 Å². The number of carbonyl (C=O) groups is 3. The summed E-state index contributed by atoms with van der Waals surface area (Å²) in [6.07, 6.45) is 3.18. The van der Waals surface area contributed by atoms with Gasteiger partial charge >= 0.3 is 5.97 Å². The summed E-state index contributed by atoms with van der Waals surface area (Å²) in [6.45, 7) is 3.83. The minimum Gasteiger partial charge on any atom is -0.494 e. The van der Waals surface area contributed by atoms with Crippen molar-refractivity contribution < 1.29 is 24.2 Å². The zero-order valence-corrected chi connectivity index (χ0v) is 23.4. The smallest absolute Gasteiger partial charge is 0.308 e. The predicted molar refractivity (Wildman–Crippen MR) is 157 cm³/mol. The van der Waals surface area contributed by atoms with E-state index in [1.807, 2.05) is 66.7 Å². The molecule has 0 aromatic heterocycles. The molecule has 0 radical (unpaired) electrons. The second-order valence-electron chi connectivity index (χ2n) is 10.9. The molecule has 2 amide bonds. The van der Waals surface area contributed by atoms with Crippen molar-refractivity contribution >= 4 is 23.5 Å². The third-order valence-electron chi connectivity index (χ3n) is 8.00. The van der Waals surface area contributed by atoms with Crippen LogP contribution in [-0.4, -0.2) is 60.6 Å². The van der Waals surface area contributed by atoms with Gasteiger partial charge in [-0.1, -0.05) is 67.6 Å². The van der Waals surface area contributed by atoms with Crippen LogP contribution in [-0.2, 0) is 9.59 Å². The first kappa shape index (κ1) is 28.4. The Kier molecular flexibility index (Phi) is 8.99. The highest BCUT2D eigenvalue weighted by Crippen LogP contribution is 2.38. The van der Waals surface area contributed by atoms with Gasteiger partial charge in [-0.05, 0) is 67.6 Å². The Morgan fingerprint density at radius 3 is 2.22 bits per heavy atom. The maximum Gasteiger partial charge on any atom is 0.308 e. The van der Waals surface area contributed by atoms with Crippen LogP contribution in [0, 0.1) is 11.8 Å². The van der Waals surface area contributed by atoms with E-state index < -0.39 is 17.9 Å². The van der Waals surface area contributed by atoms with Crippen LogP contribution in [0.1, 0.15) is 53.7 Å². The van der Waals surface area contributed by atoms with Gasteiger partial charge in [0.25, 0.3) is 5.91 Å². The van der Waals surface area contributed by atoms with E-state index in [9.17, 15) is 19.5 Å². The van der Waals surface area contributed by atoms with Crippen molar-refractivity contribution in [3.63, 3.8) is 0 Å². The highest BCUT2D eigenvalue weighted by atomic mass is 16.5. The summed E-state index contributed by atoms with van der Waals surface area (Å²) in [5.74, 6) is -1.35. The van der Waals surface area contributed by atoms with E-state index in [1.54, 1.807) is 24.0 Å². The molecule has 1 fully saturated rings. The minimum absolute atomic E-state index is 0.0741. The van der Waals surface area contributed by atoms with E-state index in [-0.39, 0.29) is 24.9 Å². The second kappa shape index (κ2) is 13.0. The van der Waals surface area contributed by atoms with Gasteiger partial charge in [0.15, 0.2) is 0 Å². The van der Waals surface area contributed by atoms with Crippen molar-refractivity contribution in [1.82, 2.24) is 10.2 Å². The molecule has 1 saturated heterocycles. The van der Waals surface area contributed by atoms with Gasteiger partial charge in [0.1, 0.15) is 12.3 Å². The number of piperidine rings is 1. The molecule has 8 nitrogen and oxygen atoms in total. The Morgan fingerprint density at radius 2 is 1.61 bits per heavy atom. The number of aliphatic carboxylic acids is 1. The Bertz CT molecular complexity index is 1320. The first-order chi connectivity index (χ1) is 19.9. The van der Waals surface area contributed by atoms with Gasteiger partial charge in [0.05, 0.1) is 29.8 Å². The van der Waals surface area contributed by atoms with E-state index in [2.05, 4.69) is 5.32 Å². The number of nitrogens with zero attached hydrogens (tertiary/aromatic N) is 2. The van der Waals surface area contributed by atoms with Crippen molar-refractivity contribution in [2.45, 2.75) is 32.2 Å². The molecule has 2 aliphatic rings. The molecule has 214 valence electrons. The van der Waals surface area contributed by atoms with Gasteiger partial charge in [-0.25, -0.2) is 0 Å². The van der Waals surface area contributed by atoms with Crippen molar-refractivity contribution in [2.75, 3.05) is 37.7 Å². The van der Waals surface area contributed by atoms with Crippen LogP contribution in [0.4, 0.5) is 5.69 Å². The van der Waals surface area contributed by atoms with E-state index in [4.69, 9.17) is 4.74 Å². The van der Waals surface area contributed by atoms with E-state index in [0.717, 1.165) is 43.5 Å². The number of carboxylic acid groups (broad SMARTS) is 1. The zero-order chi connectivity index (χ0) is 28.8. The number of ether oxygens (including phenoxy) is 1. The lowest BCUT2D eigenvalue weighted by molar-refractivity contribution is -0.141.